The van der Waals surface area contributed by atoms with Crippen molar-refractivity contribution in [3.05, 3.63) is 101 Å². The van der Waals surface area contributed by atoms with Crippen LogP contribution in [0.5, 0.6) is 0 Å². The van der Waals surface area contributed by atoms with E-state index >= 15 is 0 Å². The van der Waals surface area contributed by atoms with Crippen molar-refractivity contribution in [3.8, 4) is 0 Å². The zero-order valence-corrected chi connectivity index (χ0v) is 23.9. The highest BCUT2D eigenvalue weighted by Crippen LogP contribution is 2.22. The maximum Gasteiger partial charge on any atom is 0.335 e. The van der Waals surface area contributed by atoms with E-state index in [0.29, 0.717) is 17.4 Å². The van der Waals surface area contributed by atoms with Crippen LogP contribution in [0.2, 0.25) is 0 Å². The predicted molar refractivity (Wildman–Crippen MR) is 160 cm³/mol. The minimum atomic E-state index is -1.37. The molecule has 11 heteroatoms. The number of fused-ring (bicyclic) bond motifs is 1. The number of anilines is 1. The highest BCUT2D eigenvalue weighted by atomic mass is 16.4. The number of amides is 3. The number of aromatic nitrogens is 1. The molecule has 0 spiro atoms. The summed E-state index contributed by atoms with van der Waals surface area (Å²) in [5, 5.41) is 27.6. The van der Waals surface area contributed by atoms with E-state index in [2.05, 4.69) is 20.9 Å². The lowest BCUT2D eigenvalue weighted by molar-refractivity contribution is -0.118. The molecule has 11 nitrogen and oxygen atoms in total. The van der Waals surface area contributed by atoms with Crippen LogP contribution in [-0.4, -0.2) is 57.4 Å². The Labute approximate surface area is 247 Å². The first-order valence-electron chi connectivity index (χ1n) is 13.5. The molecule has 4 rings (SSSR count). The van der Waals surface area contributed by atoms with Crippen LogP contribution in [0.3, 0.4) is 0 Å². The lowest BCUT2D eigenvalue weighted by Crippen LogP contribution is -2.46. The van der Waals surface area contributed by atoms with Gasteiger partial charge in [0.15, 0.2) is 0 Å². The average Bonchev–Trinajstić information content (AvgIpc) is 3.42. The fraction of sp³-hybridized carbons (Fsp3) is 0.219. The third-order valence-electron chi connectivity index (χ3n) is 6.56. The molecule has 1 atom stereocenters. The second-order valence-electron chi connectivity index (χ2n) is 11.3. The van der Waals surface area contributed by atoms with Crippen LogP contribution < -0.4 is 16.0 Å². The van der Waals surface area contributed by atoms with Crippen LogP contribution in [0.15, 0.2) is 72.9 Å². The largest absolute Gasteiger partial charge is 0.478 e. The van der Waals surface area contributed by atoms with Crippen molar-refractivity contribution in [2.45, 2.75) is 33.2 Å². The van der Waals surface area contributed by atoms with Gasteiger partial charge in [0, 0.05) is 35.8 Å². The van der Waals surface area contributed by atoms with Gasteiger partial charge in [-0.15, -0.1) is 0 Å². The van der Waals surface area contributed by atoms with Gasteiger partial charge in [-0.1, -0.05) is 51.1 Å². The summed E-state index contributed by atoms with van der Waals surface area (Å²) in [6.07, 6.45) is 1.74. The quantitative estimate of drug-likeness (QED) is 0.161. The smallest absolute Gasteiger partial charge is 0.335 e. The van der Waals surface area contributed by atoms with Crippen molar-refractivity contribution >= 4 is 46.3 Å². The monoisotopic (exact) mass is 584 g/mol. The van der Waals surface area contributed by atoms with Gasteiger partial charge in [0.1, 0.15) is 6.04 Å². The van der Waals surface area contributed by atoms with E-state index < -0.39 is 35.7 Å². The Morgan fingerprint density at radius 3 is 2.05 bits per heavy atom. The number of aromatic amines is 1. The number of carboxylic acid groups (broad SMARTS) is 2. The molecule has 0 unspecified atom stereocenters. The van der Waals surface area contributed by atoms with Crippen LogP contribution in [0.4, 0.5) is 5.69 Å². The number of carbonyl (C=O) groups excluding carboxylic acids is 3. The maximum absolute atomic E-state index is 13.7. The zero-order chi connectivity index (χ0) is 31.3. The van der Waals surface area contributed by atoms with Gasteiger partial charge < -0.3 is 31.1 Å². The van der Waals surface area contributed by atoms with E-state index in [1.807, 2.05) is 20.8 Å². The summed E-state index contributed by atoms with van der Waals surface area (Å²) in [7, 11) is 0. The number of nitrogens with one attached hydrogen (secondary N) is 4. The summed E-state index contributed by atoms with van der Waals surface area (Å²) >= 11 is 0. The summed E-state index contributed by atoms with van der Waals surface area (Å²) in [4.78, 5) is 66.7. The second-order valence-corrected chi connectivity index (χ2v) is 11.3. The van der Waals surface area contributed by atoms with Crippen molar-refractivity contribution in [2.75, 3.05) is 11.9 Å². The third-order valence-corrected chi connectivity index (χ3v) is 6.56. The highest BCUT2D eigenvalue weighted by Gasteiger charge is 2.26. The molecule has 1 heterocycles. The topological polar surface area (TPSA) is 178 Å². The molecule has 0 bridgehead atoms. The SMILES string of the molecule is CC(C)(C)CNC(=O)c1cc2[nH]ccc2cc1C(=O)N[C@@H](Cc1ccccc1)C(=O)Nc1cc(C(=O)O)cc(C(=O)O)c1. The summed E-state index contributed by atoms with van der Waals surface area (Å²) in [5.41, 5.74) is 0.633. The Bertz CT molecular complexity index is 1670. The molecule has 6 N–H and O–H groups in total. The Kier molecular flexibility index (Phi) is 8.94. The predicted octanol–water partition coefficient (Wildman–Crippen LogP) is 4.32. The standard InChI is InChI=1S/C32H32N4O7/c1-32(2,3)17-34-27(37)24-16-25-19(9-10-33-25)15-23(24)28(38)36-26(11-18-7-5-4-6-8-18)29(39)35-22-13-20(30(40)41)12-21(14-22)31(42)43/h4-10,12-16,26,33H,11,17H2,1-3H3,(H,34,37)(H,35,39)(H,36,38)(H,40,41)(H,42,43)/t26-/m0/s1. The Morgan fingerprint density at radius 2 is 1.44 bits per heavy atom. The molecule has 222 valence electrons. The Morgan fingerprint density at radius 1 is 0.814 bits per heavy atom. The number of rotatable bonds is 10. The first-order chi connectivity index (χ1) is 20.3. The number of benzene rings is 3. The van der Waals surface area contributed by atoms with Gasteiger partial charge in [-0.05, 0) is 47.4 Å². The highest BCUT2D eigenvalue weighted by molar-refractivity contribution is 6.11. The minimum Gasteiger partial charge on any atom is -0.478 e. The summed E-state index contributed by atoms with van der Waals surface area (Å²) in [6.45, 7) is 6.26. The fourth-order valence-electron chi connectivity index (χ4n) is 4.39. The van der Waals surface area contributed by atoms with E-state index in [4.69, 9.17) is 0 Å². The molecule has 1 aromatic heterocycles. The van der Waals surface area contributed by atoms with Crippen molar-refractivity contribution in [2.24, 2.45) is 5.41 Å². The number of hydrogen-bond acceptors (Lipinski definition) is 5. The van der Waals surface area contributed by atoms with Crippen LogP contribution in [0, 0.1) is 5.41 Å². The molecular formula is C32H32N4O7. The minimum absolute atomic E-state index is 0.0563. The Hall–Kier alpha value is -5.45. The molecule has 0 aliphatic rings. The average molecular weight is 585 g/mol. The van der Waals surface area contributed by atoms with Crippen LogP contribution >= 0.6 is 0 Å². The molecule has 0 aliphatic carbocycles. The van der Waals surface area contributed by atoms with E-state index in [1.165, 1.54) is 0 Å². The number of H-pyrrole nitrogens is 1. The van der Waals surface area contributed by atoms with Crippen molar-refractivity contribution in [1.82, 2.24) is 15.6 Å². The molecule has 0 aliphatic heterocycles. The second kappa shape index (κ2) is 12.6. The first kappa shape index (κ1) is 30.5. The van der Waals surface area contributed by atoms with Gasteiger partial charge in [0.25, 0.3) is 11.8 Å². The van der Waals surface area contributed by atoms with E-state index in [-0.39, 0.29) is 39.8 Å². The number of hydrogen-bond donors (Lipinski definition) is 6. The first-order valence-corrected chi connectivity index (χ1v) is 13.5. The molecule has 3 amide bonds. The van der Waals surface area contributed by atoms with Gasteiger partial charge in [-0.3, -0.25) is 14.4 Å². The molecule has 0 saturated heterocycles. The summed E-state index contributed by atoms with van der Waals surface area (Å²) in [6, 6.07) is 15.9. The van der Waals surface area contributed by atoms with E-state index in [0.717, 1.165) is 23.8 Å². The van der Waals surface area contributed by atoms with Crippen LogP contribution in [0.1, 0.15) is 67.8 Å². The maximum atomic E-state index is 13.7. The molecule has 0 saturated carbocycles. The Balaban J connectivity index is 1.67. The number of carbonyl (C=O) groups is 5. The summed E-state index contributed by atoms with van der Waals surface area (Å²) in [5.74, 6) is -4.58. The van der Waals surface area contributed by atoms with Gasteiger partial charge in [0.2, 0.25) is 5.91 Å². The van der Waals surface area contributed by atoms with Crippen LogP contribution in [-0.2, 0) is 11.2 Å². The zero-order valence-electron chi connectivity index (χ0n) is 23.9. The van der Waals surface area contributed by atoms with Gasteiger partial charge in [0.05, 0.1) is 22.3 Å². The van der Waals surface area contributed by atoms with Crippen LogP contribution in [0.25, 0.3) is 10.9 Å². The number of aromatic carboxylic acids is 2. The lowest BCUT2D eigenvalue weighted by atomic mass is 9.96. The molecule has 4 aromatic rings. The molecule has 3 aromatic carbocycles. The molecule has 43 heavy (non-hydrogen) atoms. The normalized spacial score (nSPS) is 11.9. The van der Waals surface area contributed by atoms with Crippen molar-refractivity contribution < 1.29 is 34.2 Å². The van der Waals surface area contributed by atoms with Crippen molar-refractivity contribution in [1.29, 1.82) is 0 Å². The van der Waals surface area contributed by atoms with Crippen molar-refractivity contribution in [3.63, 3.8) is 0 Å². The molecular weight excluding hydrogens is 552 g/mol. The van der Waals surface area contributed by atoms with Gasteiger partial charge in [-0.25, -0.2) is 9.59 Å². The molecule has 0 fully saturated rings. The lowest BCUT2D eigenvalue weighted by Gasteiger charge is -2.21. The van der Waals surface area contributed by atoms with Gasteiger partial charge in [-0.2, -0.15) is 0 Å². The number of carboxylic acids is 2. The third kappa shape index (κ3) is 7.85. The summed E-state index contributed by atoms with van der Waals surface area (Å²) < 4.78 is 0. The van der Waals surface area contributed by atoms with Gasteiger partial charge >= 0.3 is 11.9 Å². The molecule has 0 radical (unpaired) electrons. The fourth-order valence-corrected chi connectivity index (χ4v) is 4.39. The van der Waals surface area contributed by atoms with E-state index in [1.54, 1.807) is 54.7 Å². The van der Waals surface area contributed by atoms with E-state index in [9.17, 15) is 34.2 Å².